The van der Waals surface area contributed by atoms with E-state index in [1.165, 1.54) is 104 Å². The van der Waals surface area contributed by atoms with Crippen LogP contribution in [0.4, 0.5) is 0 Å². The highest BCUT2D eigenvalue weighted by molar-refractivity contribution is 6.24. The van der Waals surface area contributed by atoms with Gasteiger partial charge in [-0.15, -0.1) is 0 Å². The van der Waals surface area contributed by atoms with Crippen molar-refractivity contribution < 1.29 is 0 Å². The Morgan fingerprint density at radius 2 is 0.776 bits per heavy atom. The number of aromatic nitrogens is 2. The van der Waals surface area contributed by atoms with E-state index in [1.54, 1.807) is 0 Å². The molecule has 0 atom stereocenters. The van der Waals surface area contributed by atoms with Crippen LogP contribution < -0.4 is 0 Å². The maximum Gasteiger partial charge on any atom is 0.0787 e. The van der Waals surface area contributed by atoms with Crippen molar-refractivity contribution >= 4 is 54.3 Å². The highest BCUT2D eigenvalue weighted by Crippen LogP contribution is 2.51. The fourth-order valence-electron chi connectivity index (χ4n) is 9.88. The molecule has 0 unspecified atom stereocenters. The lowest BCUT2D eigenvalue weighted by molar-refractivity contribution is 0.661. The number of para-hydroxylation sites is 2. The Morgan fingerprint density at radius 1 is 0.362 bits per heavy atom. The van der Waals surface area contributed by atoms with Gasteiger partial charge >= 0.3 is 0 Å². The first kappa shape index (κ1) is 32.9. The Kier molecular flexibility index (Phi) is 7.01. The predicted octanol–water partition coefficient (Wildman–Crippen LogP) is 14.9. The molecule has 12 rings (SSSR count). The van der Waals surface area contributed by atoms with Crippen LogP contribution in [0.2, 0.25) is 0 Å². The van der Waals surface area contributed by atoms with E-state index in [2.05, 4.69) is 206 Å². The number of hydrogen-bond donors (Lipinski definition) is 0. The molecule has 0 aliphatic heterocycles. The minimum absolute atomic E-state index is 0.136. The van der Waals surface area contributed by atoms with Crippen molar-refractivity contribution in [3.05, 3.63) is 205 Å². The summed E-state index contributed by atoms with van der Waals surface area (Å²) in [5, 5.41) is 8.70. The van der Waals surface area contributed by atoms with Crippen LogP contribution in [-0.2, 0) is 5.41 Å². The van der Waals surface area contributed by atoms with Crippen LogP contribution >= 0.6 is 0 Å². The summed E-state index contributed by atoms with van der Waals surface area (Å²) in [6.45, 7) is 4.75. The van der Waals surface area contributed by atoms with Gasteiger partial charge in [-0.1, -0.05) is 159 Å². The average Bonchev–Trinajstić information content (AvgIpc) is 3.74. The number of rotatable bonds is 4. The third-order valence-electron chi connectivity index (χ3n) is 12.8. The first-order chi connectivity index (χ1) is 28.5. The van der Waals surface area contributed by atoms with Crippen LogP contribution in [0.25, 0.3) is 104 Å². The second-order valence-corrected chi connectivity index (χ2v) is 16.4. The number of pyridine rings is 1. The van der Waals surface area contributed by atoms with Crippen LogP contribution in [-0.4, -0.2) is 9.55 Å². The van der Waals surface area contributed by atoms with Crippen LogP contribution in [0.5, 0.6) is 0 Å². The molecule has 0 radical (unpaired) electrons. The molecule has 0 amide bonds. The maximum absolute atomic E-state index is 5.05. The maximum atomic E-state index is 5.05. The third-order valence-corrected chi connectivity index (χ3v) is 12.8. The summed E-state index contributed by atoms with van der Waals surface area (Å²) in [6, 6.07) is 69.2. The quantitative estimate of drug-likeness (QED) is 0.164. The number of hydrogen-bond acceptors (Lipinski definition) is 1. The van der Waals surface area contributed by atoms with Crippen molar-refractivity contribution in [2.24, 2.45) is 0 Å². The fourth-order valence-corrected chi connectivity index (χ4v) is 9.88. The molecule has 2 nitrogen and oxygen atoms in total. The second-order valence-electron chi connectivity index (χ2n) is 16.4. The first-order valence-corrected chi connectivity index (χ1v) is 20.2. The topological polar surface area (TPSA) is 17.8 Å². The third kappa shape index (κ3) is 4.82. The van der Waals surface area contributed by atoms with Crippen molar-refractivity contribution in [3.8, 4) is 50.2 Å². The summed E-state index contributed by atoms with van der Waals surface area (Å²) in [6.07, 6.45) is 2.03. The minimum Gasteiger partial charge on any atom is -0.309 e. The fraction of sp³-hybridized carbons (Fsp3) is 0.0536. The summed E-state index contributed by atoms with van der Waals surface area (Å²) < 4.78 is 2.38. The van der Waals surface area contributed by atoms with Gasteiger partial charge in [-0.3, -0.25) is 4.98 Å². The van der Waals surface area contributed by atoms with Crippen molar-refractivity contribution in [2.45, 2.75) is 19.3 Å². The largest absolute Gasteiger partial charge is 0.309 e. The Bertz CT molecular complexity index is 3370. The zero-order valence-electron chi connectivity index (χ0n) is 32.4. The zero-order chi connectivity index (χ0) is 38.5. The van der Waals surface area contributed by atoms with Gasteiger partial charge in [-0.2, -0.15) is 0 Å². The van der Waals surface area contributed by atoms with E-state index in [4.69, 9.17) is 4.98 Å². The molecule has 9 aromatic carbocycles. The van der Waals surface area contributed by atoms with Crippen LogP contribution in [0, 0.1) is 0 Å². The molecular weight excluding hydrogens is 701 g/mol. The van der Waals surface area contributed by atoms with Crippen molar-refractivity contribution in [1.82, 2.24) is 9.55 Å². The lowest BCUT2D eigenvalue weighted by atomic mass is 9.81. The Hall–Kier alpha value is -7.29. The molecule has 0 spiro atoms. The van der Waals surface area contributed by atoms with E-state index in [1.807, 2.05) is 6.20 Å². The monoisotopic (exact) mass is 738 g/mol. The first-order valence-electron chi connectivity index (χ1n) is 20.2. The van der Waals surface area contributed by atoms with Crippen molar-refractivity contribution in [3.63, 3.8) is 0 Å². The summed E-state index contributed by atoms with van der Waals surface area (Å²) in [4.78, 5) is 5.05. The molecule has 1 aliphatic carbocycles. The van der Waals surface area contributed by atoms with E-state index in [9.17, 15) is 0 Å². The van der Waals surface area contributed by atoms with E-state index in [0.29, 0.717) is 0 Å². The smallest absolute Gasteiger partial charge is 0.0787 e. The molecule has 0 bridgehead atoms. The summed E-state index contributed by atoms with van der Waals surface area (Å²) in [7, 11) is 0. The molecule has 11 aromatic rings. The van der Waals surface area contributed by atoms with Gasteiger partial charge in [0.05, 0.1) is 16.6 Å². The standard InChI is InChI=1S/C56H38N2/c1-56(2)51-32-38(35-19-21-37(22-20-35)40-31-50-44-13-4-3-11-42(44)43-12-5-6-16-49(43)55(50)57-34-40)25-29-45(51)46-30-26-39(33-52(46)56)36-23-27-41(28-24-36)58-53-17-9-7-14-47(53)48-15-8-10-18-54(48)58/h3-34H,1-2H3. The van der Waals surface area contributed by atoms with Gasteiger partial charge in [0.25, 0.3) is 0 Å². The number of nitrogens with zero attached hydrogens (tertiary/aromatic N) is 2. The lowest BCUT2D eigenvalue weighted by Crippen LogP contribution is -2.15. The average molecular weight is 739 g/mol. The van der Waals surface area contributed by atoms with E-state index >= 15 is 0 Å². The van der Waals surface area contributed by atoms with Gasteiger partial charge in [-0.25, -0.2) is 0 Å². The Morgan fingerprint density at radius 3 is 1.33 bits per heavy atom. The van der Waals surface area contributed by atoms with Crippen LogP contribution in [0.3, 0.4) is 0 Å². The van der Waals surface area contributed by atoms with Gasteiger partial charge in [0.15, 0.2) is 0 Å². The molecule has 0 saturated carbocycles. The van der Waals surface area contributed by atoms with E-state index in [-0.39, 0.29) is 5.41 Å². The molecule has 58 heavy (non-hydrogen) atoms. The highest BCUT2D eigenvalue weighted by atomic mass is 15.0. The summed E-state index contributed by atoms with van der Waals surface area (Å²) in [5.41, 5.74) is 17.2. The Labute approximate surface area is 337 Å². The van der Waals surface area contributed by atoms with Crippen LogP contribution in [0.15, 0.2) is 194 Å². The van der Waals surface area contributed by atoms with E-state index < -0.39 is 0 Å². The minimum atomic E-state index is -0.136. The lowest BCUT2D eigenvalue weighted by Gasteiger charge is -2.22. The van der Waals surface area contributed by atoms with Gasteiger partial charge in [-0.05, 0) is 109 Å². The number of fused-ring (bicyclic) bond motifs is 12. The molecule has 0 N–H and O–H groups in total. The normalized spacial score (nSPS) is 13.1. The molecule has 1 aliphatic rings. The summed E-state index contributed by atoms with van der Waals surface area (Å²) >= 11 is 0. The van der Waals surface area contributed by atoms with Crippen LogP contribution in [0.1, 0.15) is 25.0 Å². The van der Waals surface area contributed by atoms with Gasteiger partial charge in [0.1, 0.15) is 0 Å². The molecule has 0 fully saturated rings. The molecular formula is C56H38N2. The van der Waals surface area contributed by atoms with E-state index in [0.717, 1.165) is 11.1 Å². The highest BCUT2D eigenvalue weighted by Gasteiger charge is 2.36. The van der Waals surface area contributed by atoms with Gasteiger partial charge in [0.2, 0.25) is 0 Å². The van der Waals surface area contributed by atoms with Crippen molar-refractivity contribution in [1.29, 1.82) is 0 Å². The molecule has 2 aromatic heterocycles. The molecule has 2 heteroatoms. The second kappa shape index (κ2) is 12.4. The summed E-state index contributed by atoms with van der Waals surface area (Å²) in [5.74, 6) is 0. The van der Waals surface area contributed by atoms with Crippen molar-refractivity contribution in [2.75, 3.05) is 0 Å². The van der Waals surface area contributed by atoms with Gasteiger partial charge < -0.3 is 4.57 Å². The SMILES string of the molecule is CC1(C)c2cc(-c3ccc(-c4cnc5c6ccccc6c6ccccc6c5c4)cc3)ccc2-c2ccc(-c3ccc(-n4c5ccccc5c5ccccc54)cc3)cc21. The Balaban J connectivity index is 0.853. The molecule has 272 valence electrons. The number of benzene rings is 9. The van der Waals surface area contributed by atoms with Gasteiger partial charge in [0, 0.05) is 44.4 Å². The predicted molar refractivity (Wildman–Crippen MR) is 245 cm³/mol. The zero-order valence-corrected chi connectivity index (χ0v) is 32.4. The molecule has 2 heterocycles. The molecule has 0 saturated heterocycles.